The number of pyridine rings is 1. The molecule has 0 N–H and O–H groups in total. The topological polar surface area (TPSA) is 40.5 Å². The van der Waals surface area contributed by atoms with Crippen LogP contribution in [-0.4, -0.2) is 18.3 Å². The van der Waals surface area contributed by atoms with Crippen molar-refractivity contribution >= 4 is 0 Å². The molecule has 0 aliphatic heterocycles. The van der Waals surface area contributed by atoms with Gasteiger partial charge in [0.15, 0.2) is 5.75 Å². The molecule has 0 fully saturated rings. The first kappa shape index (κ1) is 15.2. The number of aromatic nitrogens is 1. The third-order valence-electron chi connectivity index (χ3n) is 3.35. The van der Waals surface area contributed by atoms with Gasteiger partial charge in [-0.2, -0.15) is 0 Å². The molecule has 0 aliphatic carbocycles. The molecule has 0 radical (unpaired) electrons. The van der Waals surface area contributed by atoms with Crippen LogP contribution in [0.3, 0.4) is 0 Å². The maximum absolute atomic E-state index is 11.9. The van der Waals surface area contributed by atoms with Crippen LogP contribution in [0.5, 0.6) is 11.5 Å². The molecule has 21 heavy (non-hydrogen) atoms. The van der Waals surface area contributed by atoms with Gasteiger partial charge in [-0.05, 0) is 43.5 Å². The summed E-state index contributed by atoms with van der Waals surface area (Å²) in [6.07, 6.45) is 3.57. The third-order valence-corrected chi connectivity index (χ3v) is 3.35. The van der Waals surface area contributed by atoms with Crippen LogP contribution in [0.15, 0.2) is 47.4 Å². The first-order chi connectivity index (χ1) is 10.2. The fourth-order valence-electron chi connectivity index (χ4n) is 2.13. The third kappa shape index (κ3) is 4.12. The molecule has 0 saturated carbocycles. The van der Waals surface area contributed by atoms with Crippen molar-refractivity contribution in [2.45, 2.75) is 26.3 Å². The number of rotatable bonds is 7. The van der Waals surface area contributed by atoms with E-state index in [0.717, 1.165) is 24.2 Å². The SMILES string of the molecule is COc1cccn(CCCCOc2ccccc2C)c1=O. The van der Waals surface area contributed by atoms with Crippen molar-refractivity contribution in [2.24, 2.45) is 0 Å². The van der Waals surface area contributed by atoms with Crippen molar-refractivity contribution < 1.29 is 9.47 Å². The largest absolute Gasteiger partial charge is 0.493 e. The highest BCUT2D eigenvalue weighted by Gasteiger charge is 2.02. The van der Waals surface area contributed by atoms with Crippen molar-refractivity contribution in [3.8, 4) is 11.5 Å². The van der Waals surface area contributed by atoms with E-state index in [4.69, 9.17) is 9.47 Å². The number of para-hydroxylation sites is 1. The van der Waals surface area contributed by atoms with Crippen LogP contribution in [-0.2, 0) is 6.54 Å². The normalized spacial score (nSPS) is 10.4. The number of benzene rings is 1. The van der Waals surface area contributed by atoms with Gasteiger partial charge in [0, 0.05) is 12.7 Å². The van der Waals surface area contributed by atoms with Gasteiger partial charge in [0.05, 0.1) is 13.7 Å². The predicted octanol–water partition coefficient (Wildman–Crippen LogP) is 3.02. The summed E-state index contributed by atoms with van der Waals surface area (Å²) in [6, 6.07) is 11.5. The van der Waals surface area contributed by atoms with E-state index in [1.165, 1.54) is 7.11 Å². The van der Waals surface area contributed by atoms with Gasteiger partial charge in [0.25, 0.3) is 5.56 Å². The Balaban J connectivity index is 1.78. The van der Waals surface area contributed by atoms with Crippen LogP contribution in [0.25, 0.3) is 0 Å². The van der Waals surface area contributed by atoms with E-state index in [2.05, 4.69) is 0 Å². The standard InChI is InChI=1S/C17H21NO3/c1-14-8-3-4-9-15(14)21-13-6-5-11-18-12-7-10-16(20-2)17(18)19/h3-4,7-10,12H,5-6,11,13H2,1-2H3. The van der Waals surface area contributed by atoms with Crippen LogP contribution in [0.4, 0.5) is 0 Å². The molecule has 0 spiro atoms. The Hall–Kier alpha value is -2.23. The van der Waals surface area contributed by atoms with Crippen LogP contribution < -0.4 is 15.0 Å². The van der Waals surface area contributed by atoms with Crippen molar-refractivity contribution in [2.75, 3.05) is 13.7 Å². The van der Waals surface area contributed by atoms with Gasteiger partial charge in [0.1, 0.15) is 5.75 Å². The summed E-state index contributed by atoms with van der Waals surface area (Å²) in [4.78, 5) is 11.9. The lowest BCUT2D eigenvalue weighted by Gasteiger charge is -2.10. The average Bonchev–Trinajstić information content (AvgIpc) is 2.50. The second-order valence-electron chi connectivity index (χ2n) is 4.90. The lowest BCUT2D eigenvalue weighted by Crippen LogP contribution is -2.20. The Bertz CT molecular complexity index is 634. The molecule has 0 amide bonds. The van der Waals surface area contributed by atoms with Gasteiger partial charge >= 0.3 is 0 Å². The monoisotopic (exact) mass is 287 g/mol. The molecule has 1 aromatic carbocycles. The van der Waals surface area contributed by atoms with E-state index in [1.807, 2.05) is 37.3 Å². The quantitative estimate of drug-likeness (QED) is 0.735. The lowest BCUT2D eigenvalue weighted by atomic mass is 10.2. The number of hydrogen-bond donors (Lipinski definition) is 0. The Morgan fingerprint density at radius 1 is 1.05 bits per heavy atom. The average molecular weight is 287 g/mol. The molecule has 2 rings (SSSR count). The fraction of sp³-hybridized carbons (Fsp3) is 0.353. The zero-order chi connectivity index (χ0) is 15.1. The van der Waals surface area contributed by atoms with Crippen molar-refractivity contribution in [1.82, 2.24) is 4.57 Å². The first-order valence-electron chi connectivity index (χ1n) is 7.14. The van der Waals surface area contributed by atoms with Crippen molar-refractivity contribution in [3.63, 3.8) is 0 Å². The summed E-state index contributed by atoms with van der Waals surface area (Å²) >= 11 is 0. The zero-order valence-electron chi connectivity index (χ0n) is 12.5. The maximum atomic E-state index is 11.9. The minimum absolute atomic E-state index is 0.0835. The summed E-state index contributed by atoms with van der Waals surface area (Å²) in [6.45, 7) is 3.36. The van der Waals surface area contributed by atoms with Gasteiger partial charge in [-0.25, -0.2) is 0 Å². The highest BCUT2D eigenvalue weighted by molar-refractivity contribution is 5.31. The summed E-state index contributed by atoms with van der Waals surface area (Å²) in [5, 5.41) is 0. The van der Waals surface area contributed by atoms with Gasteiger partial charge in [-0.1, -0.05) is 18.2 Å². The molecular weight excluding hydrogens is 266 g/mol. The predicted molar refractivity (Wildman–Crippen MR) is 83.2 cm³/mol. The molecule has 0 aliphatic rings. The van der Waals surface area contributed by atoms with E-state index < -0.39 is 0 Å². The number of aryl methyl sites for hydroxylation is 2. The van der Waals surface area contributed by atoms with Crippen LogP contribution in [0.1, 0.15) is 18.4 Å². The molecule has 4 heteroatoms. The van der Waals surface area contributed by atoms with Gasteiger partial charge in [-0.15, -0.1) is 0 Å². The molecular formula is C17H21NO3. The van der Waals surface area contributed by atoms with Crippen molar-refractivity contribution in [3.05, 3.63) is 58.5 Å². The van der Waals surface area contributed by atoms with Gasteiger partial charge < -0.3 is 14.0 Å². The minimum atomic E-state index is -0.0835. The number of ether oxygens (including phenoxy) is 2. The van der Waals surface area contributed by atoms with E-state index in [0.29, 0.717) is 18.9 Å². The van der Waals surface area contributed by atoms with Crippen LogP contribution in [0.2, 0.25) is 0 Å². The molecule has 4 nitrogen and oxygen atoms in total. The Kier molecular flexibility index (Phi) is 5.43. The van der Waals surface area contributed by atoms with Crippen LogP contribution in [0, 0.1) is 6.92 Å². The van der Waals surface area contributed by atoms with Crippen LogP contribution >= 0.6 is 0 Å². The molecule has 0 atom stereocenters. The molecule has 0 unspecified atom stereocenters. The second-order valence-corrected chi connectivity index (χ2v) is 4.90. The Morgan fingerprint density at radius 3 is 2.57 bits per heavy atom. The highest BCUT2D eigenvalue weighted by atomic mass is 16.5. The minimum Gasteiger partial charge on any atom is -0.493 e. The number of hydrogen-bond acceptors (Lipinski definition) is 3. The fourth-order valence-corrected chi connectivity index (χ4v) is 2.13. The van der Waals surface area contributed by atoms with E-state index in [1.54, 1.807) is 16.8 Å². The molecule has 2 aromatic rings. The first-order valence-corrected chi connectivity index (χ1v) is 7.14. The molecule has 112 valence electrons. The molecule has 0 bridgehead atoms. The second kappa shape index (κ2) is 7.53. The Morgan fingerprint density at radius 2 is 1.81 bits per heavy atom. The summed E-state index contributed by atoms with van der Waals surface area (Å²) in [5.41, 5.74) is 1.06. The highest BCUT2D eigenvalue weighted by Crippen LogP contribution is 2.16. The summed E-state index contributed by atoms with van der Waals surface area (Å²) < 4.78 is 12.4. The zero-order valence-corrected chi connectivity index (χ0v) is 12.5. The number of unbranched alkanes of at least 4 members (excludes halogenated alkanes) is 1. The Labute approximate surface area is 124 Å². The lowest BCUT2D eigenvalue weighted by molar-refractivity contribution is 0.300. The van der Waals surface area contributed by atoms with E-state index >= 15 is 0 Å². The van der Waals surface area contributed by atoms with Crippen molar-refractivity contribution in [1.29, 1.82) is 0 Å². The maximum Gasteiger partial charge on any atom is 0.292 e. The summed E-state index contributed by atoms with van der Waals surface area (Å²) in [7, 11) is 1.51. The number of methoxy groups -OCH3 is 1. The van der Waals surface area contributed by atoms with Gasteiger partial charge in [0.2, 0.25) is 0 Å². The molecule has 1 heterocycles. The molecule has 1 aromatic heterocycles. The van der Waals surface area contributed by atoms with E-state index in [9.17, 15) is 4.79 Å². The molecule has 0 saturated heterocycles. The smallest absolute Gasteiger partial charge is 0.292 e. The number of nitrogens with zero attached hydrogens (tertiary/aromatic N) is 1. The van der Waals surface area contributed by atoms with E-state index in [-0.39, 0.29) is 5.56 Å². The van der Waals surface area contributed by atoms with Gasteiger partial charge in [-0.3, -0.25) is 4.79 Å². The summed E-state index contributed by atoms with van der Waals surface area (Å²) in [5.74, 6) is 1.31.